The molecule has 0 aliphatic rings. The van der Waals surface area contributed by atoms with Crippen molar-refractivity contribution < 1.29 is 4.79 Å². The van der Waals surface area contributed by atoms with Crippen LogP contribution in [0, 0.1) is 0 Å². The highest BCUT2D eigenvalue weighted by molar-refractivity contribution is 9.10. The fourth-order valence-electron chi connectivity index (χ4n) is 1.49. The molecule has 98 valence electrons. The first-order valence-electron chi connectivity index (χ1n) is 5.19. The predicted molar refractivity (Wildman–Crippen MR) is 86.3 cm³/mol. The number of hydrogen-bond donors (Lipinski definition) is 1. The Bertz CT molecular complexity index is 647. The van der Waals surface area contributed by atoms with Gasteiger partial charge in [0, 0.05) is 19.7 Å². The first-order valence-corrected chi connectivity index (χ1v) is 7.53. The molecule has 0 radical (unpaired) electrons. The van der Waals surface area contributed by atoms with Crippen molar-refractivity contribution in [2.75, 3.05) is 5.32 Å². The second-order valence-corrected chi connectivity index (χ2v) is 6.27. The zero-order valence-corrected chi connectivity index (χ0v) is 14.1. The summed E-state index contributed by atoms with van der Waals surface area (Å²) in [6.45, 7) is 0. The van der Waals surface area contributed by atoms with Gasteiger partial charge in [-0.1, -0.05) is 45.2 Å². The Balaban J connectivity index is 2.30. The minimum Gasteiger partial charge on any atom is -0.322 e. The molecule has 1 N–H and O–H groups in total. The molecule has 2 rings (SSSR count). The van der Waals surface area contributed by atoms with Crippen LogP contribution in [0.2, 0.25) is 10.0 Å². The van der Waals surface area contributed by atoms with Gasteiger partial charge < -0.3 is 5.32 Å². The Hall–Kier alpha value is -0.550. The molecule has 0 atom stereocenters. The standard InChI is InChI=1S/C13H7Br2Cl2NO/c14-7-2-1-3-9(4-7)18-13(19)10-5-8(16)6-11(17)12(10)15/h1-6H,(H,18,19). The summed E-state index contributed by atoms with van der Waals surface area (Å²) in [5.41, 5.74) is 1.07. The summed E-state index contributed by atoms with van der Waals surface area (Å²) in [4.78, 5) is 12.2. The van der Waals surface area contributed by atoms with Crippen molar-refractivity contribution in [3.63, 3.8) is 0 Å². The molecule has 1 amide bonds. The van der Waals surface area contributed by atoms with Gasteiger partial charge in [0.25, 0.3) is 5.91 Å². The summed E-state index contributed by atoms with van der Waals surface area (Å²) in [5, 5.41) is 3.58. The van der Waals surface area contributed by atoms with Crippen molar-refractivity contribution in [3.05, 3.63) is 61.0 Å². The van der Waals surface area contributed by atoms with Crippen LogP contribution in [-0.4, -0.2) is 5.91 Å². The van der Waals surface area contributed by atoms with E-state index in [0.717, 1.165) is 4.47 Å². The molecule has 0 aromatic heterocycles. The van der Waals surface area contributed by atoms with E-state index in [2.05, 4.69) is 37.2 Å². The molecule has 2 nitrogen and oxygen atoms in total. The average molecular weight is 424 g/mol. The predicted octanol–water partition coefficient (Wildman–Crippen LogP) is 5.77. The summed E-state index contributed by atoms with van der Waals surface area (Å²) < 4.78 is 1.40. The van der Waals surface area contributed by atoms with Crippen LogP contribution in [0.4, 0.5) is 5.69 Å². The number of anilines is 1. The van der Waals surface area contributed by atoms with Crippen LogP contribution in [0.1, 0.15) is 10.4 Å². The monoisotopic (exact) mass is 421 g/mol. The number of benzene rings is 2. The lowest BCUT2D eigenvalue weighted by Crippen LogP contribution is -2.12. The van der Waals surface area contributed by atoms with Crippen LogP contribution >= 0.6 is 55.1 Å². The van der Waals surface area contributed by atoms with Crippen LogP contribution in [0.15, 0.2) is 45.3 Å². The average Bonchev–Trinajstić information content (AvgIpc) is 2.33. The molecule has 6 heteroatoms. The quantitative estimate of drug-likeness (QED) is 0.610. The van der Waals surface area contributed by atoms with Crippen LogP contribution in [-0.2, 0) is 0 Å². The zero-order valence-electron chi connectivity index (χ0n) is 9.38. The highest BCUT2D eigenvalue weighted by Gasteiger charge is 2.14. The summed E-state index contributed by atoms with van der Waals surface area (Å²) >= 11 is 18.5. The molecule has 0 saturated heterocycles. The molecule has 19 heavy (non-hydrogen) atoms. The van der Waals surface area contributed by atoms with Crippen molar-refractivity contribution in [1.82, 2.24) is 0 Å². The Kier molecular flexibility index (Phi) is 4.90. The molecular weight excluding hydrogens is 417 g/mol. The van der Waals surface area contributed by atoms with E-state index in [1.54, 1.807) is 24.3 Å². The molecule has 0 aliphatic carbocycles. The third-order valence-electron chi connectivity index (χ3n) is 2.32. The van der Waals surface area contributed by atoms with Crippen LogP contribution < -0.4 is 5.32 Å². The first-order chi connectivity index (χ1) is 8.97. The lowest BCUT2D eigenvalue weighted by molar-refractivity contribution is 0.102. The minimum absolute atomic E-state index is 0.283. The van der Waals surface area contributed by atoms with Gasteiger partial charge in [-0.05, 0) is 46.3 Å². The second kappa shape index (κ2) is 6.27. The number of amides is 1. The van der Waals surface area contributed by atoms with Gasteiger partial charge in [-0.2, -0.15) is 0 Å². The maximum Gasteiger partial charge on any atom is 0.256 e. The van der Waals surface area contributed by atoms with Gasteiger partial charge in [0.1, 0.15) is 0 Å². The molecule has 0 unspecified atom stereocenters. The van der Waals surface area contributed by atoms with E-state index in [0.29, 0.717) is 25.8 Å². The smallest absolute Gasteiger partial charge is 0.256 e. The highest BCUT2D eigenvalue weighted by Crippen LogP contribution is 2.30. The normalized spacial score (nSPS) is 10.3. The Morgan fingerprint density at radius 2 is 1.84 bits per heavy atom. The van der Waals surface area contributed by atoms with E-state index in [-0.39, 0.29) is 5.91 Å². The van der Waals surface area contributed by atoms with E-state index in [9.17, 15) is 4.79 Å². The molecule has 0 spiro atoms. The Morgan fingerprint density at radius 3 is 2.53 bits per heavy atom. The van der Waals surface area contributed by atoms with Crippen LogP contribution in [0.5, 0.6) is 0 Å². The first kappa shape index (κ1) is 14.9. The van der Waals surface area contributed by atoms with Crippen LogP contribution in [0.25, 0.3) is 0 Å². The number of carbonyl (C=O) groups is 1. The largest absolute Gasteiger partial charge is 0.322 e. The molecule has 0 saturated carbocycles. The molecule has 2 aromatic carbocycles. The van der Waals surface area contributed by atoms with E-state index >= 15 is 0 Å². The van der Waals surface area contributed by atoms with Gasteiger partial charge in [0.05, 0.1) is 10.6 Å². The molecule has 2 aromatic rings. The summed E-state index contributed by atoms with van der Waals surface area (Å²) in [6, 6.07) is 10.4. The number of halogens is 4. The van der Waals surface area contributed by atoms with Crippen molar-refractivity contribution in [2.24, 2.45) is 0 Å². The number of hydrogen-bond acceptors (Lipinski definition) is 1. The maximum atomic E-state index is 12.2. The lowest BCUT2D eigenvalue weighted by atomic mass is 10.2. The van der Waals surface area contributed by atoms with E-state index < -0.39 is 0 Å². The second-order valence-electron chi connectivity index (χ2n) is 3.71. The fraction of sp³-hybridized carbons (Fsp3) is 0. The van der Waals surface area contributed by atoms with Gasteiger partial charge in [-0.3, -0.25) is 4.79 Å². The third kappa shape index (κ3) is 3.72. The van der Waals surface area contributed by atoms with Crippen LogP contribution in [0.3, 0.4) is 0 Å². The molecular formula is C13H7Br2Cl2NO. The van der Waals surface area contributed by atoms with E-state index in [4.69, 9.17) is 23.2 Å². The molecule has 0 fully saturated rings. The minimum atomic E-state index is -0.283. The van der Waals surface area contributed by atoms with Gasteiger partial charge >= 0.3 is 0 Å². The number of carbonyl (C=O) groups excluding carboxylic acids is 1. The van der Waals surface area contributed by atoms with Crippen molar-refractivity contribution in [3.8, 4) is 0 Å². The van der Waals surface area contributed by atoms with E-state index in [1.807, 2.05) is 12.1 Å². The van der Waals surface area contributed by atoms with Gasteiger partial charge in [-0.25, -0.2) is 0 Å². The summed E-state index contributed by atoms with van der Waals surface area (Å²) in [5.74, 6) is -0.283. The van der Waals surface area contributed by atoms with Gasteiger partial charge in [0.2, 0.25) is 0 Å². The maximum absolute atomic E-state index is 12.2. The SMILES string of the molecule is O=C(Nc1cccc(Br)c1)c1cc(Cl)cc(Cl)c1Br. The third-order valence-corrected chi connectivity index (χ3v) is 4.41. The molecule has 0 bridgehead atoms. The van der Waals surface area contributed by atoms with Gasteiger partial charge in [0.15, 0.2) is 0 Å². The fourth-order valence-corrected chi connectivity index (χ4v) is 2.79. The van der Waals surface area contributed by atoms with E-state index in [1.165, 1.54) is 0 Å². The Labute approximate surface area is 137 Å². The Morgan fingerprint density at radius 1 is 1.11 bits per heavy atom. The lowest BCUT2D eigenvalue weighted by Gasteiger charge is -2.09. The molecule has 0 heterocycles. The summed E-state index contributed by atoms with van der Waals surface area (Å²) in [6.07, 6.45) is 0. The number of rotatable bonds is 2. The van der Waals surface area contributed by atoms with Crippen molar-refractivity contribution in [2.45, 2.75) is 0 Å². The number of nitrogens with one attached hydrogen (secondary N) is 1. The highest BCUT2D eigenvalue weighted by atomic mass is 79.9. The van der Waals surface area contributed by atoms with Crippen molar-refractivity contribution >= 4 is 66.7 Å². The topological polar surface area (TPSA) is 29.1 Å². The van der Waals surface area contributed by atoms with Crippen molar-refractivity contribution in [1.29, 1.82) is 0 Å². The van der Waals surface area contributed by atoms with Gasteiger partial charge in [-0.15, -0.1) is 0 Å². The zero-order chi connectivity index (χ0) is 14.0. The summed E-state index contributed by atoms with van der Waals surface area (Å²) in [7, 11) is 0. The molecule has 0 aliphatic heterocycles.